The molecule has 1 N–H and O–H groups in total. The summed E-state index contributed by atoms with van der Waals surface area (Å²) in [5.74, 6) is 0.438. The summed E-state index contributed by atoms with van der Waals surface area (Å²) in [5.41, 5.74) is 1.88. The fourth-order valence-electron chi connectivity index (χ4n) is 3.91. The van der Waals surface area contributed by atoms with E-state index in [4.69, 9.17) is 0 Å². The summed E-state index contributed by atoms with van der Waals surface area (Å²) in [6.45, 7) is 3.32. The molecule has 0 unspecified atom stereocenters. The molecule has 28 heavy (non-hydrogen) atoms. The number of carbonyl (C=O) groups excluding carboxylic acids is 1. The van der Waals surface area contributed by atoms with Crippen molar-refractivity contribution in [2.24, 2.45) is 5.92 Å². The second kappa shape index (κ2) is 7.59. The highest BCUT2D eigenvalue weighted by Gasteiger charge is 2.23. The zero-order valence-electron chi connectivity index (χ0n) is 15.9. The lowest BCUT2D eigenvalue weighted by Gasteiger charge is -2.31. The van der Waals surface area contributed by atoms with Crippen LogP contribution in [0.15, 0.2) is 47.5 Å². The number of benzene rings is 1. The van der Waals surface area contributed by atoms with Crippen LogP contribution in [0.5, 0.6) is 0 Å². The molecule has 1 saturated heterocycles. The number of carbonyl (C=O) groups is 1. The highest BCUT2D eigenvalue weighted by atomic mass is 16.3. The first-order chi connectivity index (χ1) is 13.6. The number of aromatic nitrogens is 3. The van der Waals surface area contributed by atoms with Crippen LogP contribution in [0.3, 0.4) is 0 Å². The van der Waals surface area contributed by atoms with Gasteiger partial charge in [0, 0.05) is 36.6 Å². The van der Waals surface area contributed by atoms with Crippen LogP contribution in [0, 0.1) is 5.92 Å². The fourth-order valence-corrected chi connectivity index (χ4v) is 3.91. The first kappa shape index (κ1) is 18.4. The number of aliphatic hydroxyl groups excluding tert-OH is 1. The number of hydrogen-bond acceptors (Lipinski definition) is 4. The molecule has 1 atom stereocenters. The minimum Gasteiger partial charge on any atom is -0.392 e. The van der Waals surface area contributed by atoms with Gasteiger partial charge in [-0.05, 0) is 18.8 Å². The van der Waals surface area contributed by atoms with E-state index in [1.54, 1.807) is 12.4 Å². The summed E-state index contributed by atoms with van der Waals surface area (Å²) >= 11 is 0. The number of nitrogens with zero attached hydrogens (tertiary/aromatic N) is 4. The van der Waals surface area contributed by atoms with Gasteiger partial charge >= 0.3 is 0 Å². The molecule has 1 aromatic carbocycles. The molecule has 0 spiro atoms. The van der Waals surface area contributed by atoms with Gasteiger partial charge in [0.2, 0.25) is 5.91 Å². The summed E-state index contributed by atoms with van der Waals surface area (Å²) < 4.78 is 2.90. The smallest absolute Gasteiger partial charge is 0.277 e. The van der Waals surface area contributed by atoms with Crippen molar-refractivity contribution < 1.29 is 9.90 Å². The zero-order chi connectivity index (χ0) is 19.7. The van der Waals surface area contributed by atoms with Gasteiger partial charge in [0.15, 0.2) is 0 Å². The second-order valence-electron chi connectivity index (χ2n) is 7.46. The van der Waals surface area contributed by atoms with E-state index in [0.717, 1.165) is 31.5 Å². The minimum absolute atomic E-state index is 0.00122. The van der Waals surface area contributed by atoms with Gasteiger partial charge in [0.25, 0.3) is 5.56 Å². The van der Waals surface area contributed by atoms with Crippen molar-refractivity contribution in [2.45, 2.75) is 32.9 Å². The lowest BCUT2D eigenvalue weighted by Crippen LogP contribution is -2.42. The molecular weight excluding hydrogens is 356 g/mol. The van der Waals surface area contributed by atoms with E-state index in [-0.39, 0.29) is 24.6 Å². The SMILES string of the molecule is C[C@@H]1CCCN(C(=O)Cn2ccn3nc(-c4ccccc4)c(CO)c3c2=O)C1. The number of rotatable bonds is 4. The third-order valence-corrected chi connectivity index (χ3v) is 5.38. The number of likely N-dealkylation sites (tertiary alicyclic amines) is 1. The number of amides is 1. The standard InChI is InChI=1S/C21H24N4O3/c1-15-6-5-9-23(12-15)18(27)13-24-10-11-25-20(21(24)28)17(14-26)19(22-25)16-7-3-2-4-8-16/h2-4,7-8,10-11,15,26H,5-6,9,12-14H2,1H3/t15-/m1/s1. The largest absolute Gasteiger partial charge is 0.392 e. The Balaban J connectivity index is 1.70. The van der Waals surface area contributed by atoms with E-state index < -0.39 is 0 Å². The van der Waals surface area contributed by atoms with Gasteiger partial charge in [-0.1, -0.05) is 37.3 Å². The molecule has 146 valence electrons. The van der Waals surface area contributed by atoms with Gasteiger partial charge in [-0.3, -0.25) is 9.59 Å². The second-order valence-corrected chi connectivity index (χ2v) is 7.46. The molecule has 7 heteroatoms. The van der Waals surface area contributed by atoms with E-state index in [1.807, 2.05) is 35.2 Å². The van der Waals surface area contributed by atoms with Gasteiger partial charge in [-0.2, -0.15) is 5.10 Å². The molecule has 1 amide bonds. The Bertz CT molecular complexity index is 1050. The molecule has 0 aliphatic carbocycles. The number of piperidine rings is 1. The van der Waals surface area contributed by atoms with Crippen molar-refractivity contribution in [3.8, 4) is 11.3 Å². The topological polar surface area (TPSA) is 79.8 Å². The van der Waals surface area contributed by atoms with Crippen molar-refractivity contribution in [1.29, 1.82) is 0 Å². The first-order valence-electron chi connectivity index (χ1n) is 9.63. The van der Waals surface area contributed by atoms with E-state index in [1.165, 1.54) is 9.08 Å². The lowest BCUT2D eigenvalue weighted by atomic mass is 10.0. The normalized spacial score (nSPS) is 17.2. The van der Waals surface area contributed by atoms with E-state index in [0.29, 0.717) is 22.7 Å². The van der Waals surface area contributed by atoms with Gasteiger partial charge < -0.3 is 14.6 Å². The van der Waals surface area contributed by atoms with Crippen LogP contribution in [0.2, 0.25) is 0 Å². The van der Waals surface area contributed by atoms with Crippen LogP contribution in [0.25, 0.3) is 16.8 Å². The van der Waals surface area contributed by atoms with Gasteiger partial charge in [-0.15, -0.1) is 0 Å². The van der Waals surface area contributed by atoms with Gasteiger partial charge in [0.1, 0.15) is 12.1 Å². The van der Waals surface area contributed by atoms with E-state index in [9.17, 15) is 14.7 Å². The van der Waals surface area contributed by atoms with Gasteiger partial charge in [-0.25, -0.2) is 4.52 Å². The van der Waals surface area contributed by atoms with Crippen molar-refractivity contribution in [1.82, 2.24) is 19.1 Å². The van der Waals surface area contributed by atoms with Crippen LogP contribution in [-0.2, 0) is 17.9 Å². The lowest BCUT2D eigenvalue weighted by molar-refractivity contribution is -0.133. The van der Waals surface area contributed by atoms with Crippen LogP contribution in [0.4, 0.5) is 0 Å². The monoisotopic (exact) mass is 380 g/mol. The van der Waals surface area contributed by atoms with Crippen LogP contribution in [-0.4, -0.2) is 43.2 Å². The molecule has 1 aliphatic heterocycles. The molecule has 7 nitrogen and oxygen atoms in total. The predicted octanol–water partition coefficient (Wildman–Crippen LogP) is 1.91. The predicted molar refractivity (Wildman–Crippen MR) is 106 cm³/mol. The Morgan fingerprint density at radius 2 is 2.04 bits per heavy atom. The van der Waals surface area contributed by atoms with E-state index >= 15 is 0 Å². The van der Waals surface area contributed by atoms with Gasteiger partial charge in [0.05, 0.1) is 12.3 Å². The van der Waals surface area contributed by atoms with Crippen LogP contribution < -0.4 is 5.56 Å². The third kappa shape index (κ3) is 3.33. The van der Waals surface area contributed by atoms with Crippen molar-refractivity contribution in [3.05, 3.63) is 58.6 Å². The molecule has 0 radical (unpaired) electrons. The van der Waals surface area contributed by atoms with Crippen molar-refractivity contribution >= 4 is 11.4 Å². The minimum atomic E-state index is -0.320. The van der Waals surface area contributed by atoms with Crippen LogP contribution >= 0.6 is 0 Å². The molecule has 0 saturated carbocycles. The summed E-state index contributed by atoms with van der Waals surface area (Å²) in [5, 5.41) is 14.4. The zero-order valence-corrected chi connectivity index (χ0v) is 15.9. The maximum Gasteiger partial charge on any atom is 0.277 e. The maximum atomic E-state index is 13.1. The number of hydrogen-bond donors (Lipinski definition) is 1. The quantitative estimate of drug-likeness (QED) is 0.750. The first-order valence-corrected chi connectivity index (χ1v) is 9.63. The summed E-state index contributed by atoms with van der Waals surface area (Å²) in [7, 11) is 0. The highest BCUT2D eigenvalue weighted by molar-refractivity contribution is 5.76. The Kier molecular flexibility index (Phi) is 5.00. The molecule has 3 aromatic rings. The molecule has 1 aliphatic rings. The molecule has 4 rings (SSSR count). The van der Waals surface area contributed by atoms with E-state index in [2.05, 4.69) is 12.0 Å². The molecule has 1 fully saturated rings. The Hall–Kier alpha value is -2.93. The Labute approximate surface area is 162 Å². The van der Waals surface area contributed by atoms with Crippen molar-refractivity contribution in [2.75, 3.05) is 13.1 Å². The average molecular weight is 380 g/mol. The number of aliphatic hydroxyl groups is 1. The number of fused-ring (bicyclic) bond motifs is 1. The molecule has 0 bridgehead atoms. The Morgan fingerprint density at radius 3 is 2.75 bits per heavy atom. The fraction of sp³-hybridized carbons (Fsp3) is 0.381. The molecule has 2 aromatic heterocycles. The maximum absolute atomic E-state index is 13.1. The Morgan fingerprint density at radius 1 is 1.25 bits per heavy atom. The highest BCUT2D eigenvalue weighted by Crippen LogP contribution is 2.24. The molecule has 3 heterocycles. The average Bonchev–Trinajstić information content (AvgIpc) is 3.10. The summed E-state index contributed by atoms with van der Waals surface area (Å²) in [4.78, 5) is 27.6. The molecular formula is C21H24N4O3. The van der Waals surface area contributed by atoms with Crippen molar-refractivity contribution in [3.63, 3.8) is 0 Å². The third-order valence-electron chi connectivity index (χ3n) is 5.38. The summed E-state index contributed by atoms with van der Waals surface area (Å²) in [6.07, 6.45) is 5.38. The summed E-state index contributed by atoms with van der Waals surface area (Å²) in [6, 6.07) is 9.45. The van der Waals surface area contributed by atoms with Crippen LogP contribution in [0.1, 0.15) is 25.3 Å².